The largest absolute Gasteiger partial charge is 0.392 e. The van der Waals surface area contributed by atoms with Gasteiger partial charge in [0.15, 0.2) is 0 Å². The van der Waals surface area contributed by atoms with Crippen molar-refractivity contribution in [3.63, 3.8) is 0 Å². The molecule has 2 aromatic heterocycles. The highest BCUT2D eigenvalue weighted by Crippen LogP contribution is 2.09. The van der Waals surface area contributed by atoms with Crippen LogP contribution in [0.4, 0.5) is 0 Å². The molecule has 0 spiro atoms. The maximum atomic E-state index is 12.2. The molecule has 0 aromatic carbocycles. The van der Waals surface area contributed by atoms with Crippen molar-refractivity contribution in [1.29, 1.82) is 0 Å². The van der Waals surface area contributed by atoms with Crippen LogP contribution in [0.1, 0.15) is 30.1 Å². The third kappa shape index (κ3) is 2.87. The summed E-state index contributed by atoms with van der Waals surface area (Å²) >= 11 is 4.96. The van der Waals surface area contributed by atoms with E-state index in [1.165, 1.54) is 6.20 Å². The lowest BCUT2D eigenvalue weighted by molar-refractivity contribution is 0.0947. The molecule has 19 heavy (non-hydrogen) atoms. The van der Waals surface area contributed by atoms with Gasteiger partial charge in [0.25, 0.3) is 5.91 Å². The number of thiocarbonyl (C=S) groups is 1. The Morgan fingerprint density at radius 2 is 2.37 bits per heavy atom. The molecule has 0 saturated heterocycles. The summed E-state index contributed by atoms with van der Waals surface area (Å²) in [7, 11) is 0. The first kappa shape index (κ1) is 13.4. The van der Waals surface area contributed by atoms with Crippen LogP contribution < -0.4 is 11.1 Å². The number of fused-ring (bicyclic) bond motifs is 1. The Labute approximate surface area is 116 Å². The maximum Gasteiger partial charge on any atom is 0.255 e. The molecular weight excluding hydrogens is 262 g/mol. The number of carbonyl (C=O) groups is 1. The first-order valence-electron chi connectivity index (χ1n) is 6.01. The zero-order valence-electron chi connectivity index (χ0n) is 10.5. The molecule has 0 bridgehead atoms. The van der Waals surface area contributed by atoms with E-state index in [0.29, 0.717) is 16.1 Å². The van der Waals surface area contributed by atoms with E-state index >= 15 is 0 Å². The van der Waals surface area contributed by atoms with Crippen LogP contribution in [-0.4, -0.2) is 31.5 Å². The number of rotatable bonds is 5. The molecule has 2 aromatic rings. The van der Waals surface area contributed by atoms with Gasteiger partial charge in [-0.1, -0.05) is 25.6 Å². The standard InChI is InChI=1S/C12H15N5OS/c1-2-3-9(11(13)19)16-12(18)8-6-15-17-5-4-14-7-10(8)17/h4-7,9H,2-3H2,1H3,(H2,13,19)(H,16,18). The molecule has 0 aliphatic carbocycles. The average molecular weight is 277 g/mol. The van der Waals surface area contributed by atoms with E-state index in [-0.39, 0.29) is 11.9 Å². The fourth-order valence-electron chi connectivity index (χ4n) is 1.82. The summed E-state index contributed by atoms with van der Waals surface area (Å²) in [5, 5.41) is 6.92. The highest BCUT2D eigenvalue weighted by atomic mass is 32.1. The van der Waals surface area contributed by atoms with E-state index < -0.39 is 0 Å². The second kappa shape index (κ2) is 5.75. The highest BCUT2D eigenvalue weighted by Gasteiger charge is 2.18. The molecule has 1 unspecified atom stereocenters. The predicted octanol–water partition coefficient (Wildman–Crippen LogP) is 0.914. The zero-order chi connectivity index (χ0) is 13.8. The fourth-order valence-corrected chi connectivity index (χ4v) is 2.00. The number of aromatic nitrogens is 3. The monoisotopic (exact) mass is 277 g/mol. The topological polar surface area (TPSA) is 85.3 Å². The van der Waals surface area contributed by atoms with Crippen molar-refractivity contribution in [2.24, 2.45) is 5.73 Å². The summed E-state index contributed by atoms with van der Waals surface area (Å²) in [6.45, 7) is 2.01. The molecule has 0 aliphatic heterocycles. The Bertz CT molecular complexity index is 609. The second-order valence-electron chi connectivity index (χ2n) is 4.18. The highest BCUT2D eigenvalue weighted by molar-refractivity contribution is 7.80. The van der Waals surface area contributed by atoms with Crippen molar-refractivity contribution in [3.8, 4) is 0 Å². The van der Waals surface area contributed by atoms with Gasteiger partial charge in [0, 0.05) is 12.4 Å². The summed E-state index contributed by atoms with van der Waals surface area (Å²) in [6, 6.07) is -0.292. The molecule has 0 saturated carbocycles. The minimum absolute atomic E-state index is 0.241. The van der Waals surface area contributed by atoms with Crippen LogP contribution in [0.2, 0.25) is 0 Å². The van der Waals surface area contributed by atoms with Gasteiger partial charge < -0.3 is 11.1 Å². The van der Waals surface area contributed by atoms with Gasteiger partial charge in [-0.15, -0.1) is 0 Å². The van der Waals surface area contributed by atoms with Crippen LogP contribution in [0.5, 0.6) is 0 Å². The second-order valence-corrected chi connectivity index (χ2v) is 4.65. The smallest absolute Gasteiger partial charge is 0.255 e. The molecule has 1 amide bonds. The Kier molecular flexibility index (Phi) is 4.06. The number of amides is 1. The van der Waals surface area contributed by atoms with Gasteiger partial charge in [-0.25, -0.2) is 4.52 Å². The summed E-state index contributed by atoms with van der Waals surface area (Å²) in [4.78, 5) is 16.5. The Balaban J connectivity index is 2.22. The SMILES string of the molecule is CCCC(NC(=O)c1cnn2ccncc12)C(N)=S. The lowest BCUT2D eigenvalue weighted by Crippen LogP contribution is -2.43. The van der Waals surface area contributed by atoms with Crippen LogP contribution in [0, 0.1) is 0 Å². The normalized spacial score (nSPS) is 12.3. The van der Waals surface area contributed by atoms with E-state index in [4.69, 9.17) is 18.0 Å². The van der Waals surface area contributed by atoms with Gasteiger partial charge in [0.05, 0.1) is 34.5 Å². The van der Waals surface area contributed by atoms with Gasteiger partial charge in [-0.3, -0.25) is 9.78 Å². The fraction of sp³-hybridized carbons (Fsp3) is 0.333. The van der Waals surface area contributed by atoms with Crippen LogP contribution in [0.15, 0.2) is 24.8 Å². The van der Waals surface area contributed by atoms with Gasteiger partial charge >= 0.3 is 0 Å². The van der Waals surface area contributed by atoms with Crippen molar-refractivity contribution >= 4 is 28.6 Å². The number of hydrogen-bond acceptors (Lipinski definition) is 4. The van der Waals surface area contributed by atoms with Gasteiger partial charge in [0.2, 0.25) is 0 Å². The van der Waals surface area contributed by atoms with E-state index in [2.05, 4.69) is 15.4 Å². The van der Waals surface area contributed by atoms with Crippen LogP contribution in [-0.2, 0) is 0 Å². The van der Waals surface area contributed by atoms with Crippen molar-refractivity contribution in [2.45, 2.75) is 25.8 Å². The molecule has 3 N–H and O–H groups in total. The number of nitrogens with zero attached hydrogens (tertiary/aromatic N) is 3. The van der Waals surface area contributed by atoms with Gasteiger partial charge in [0.1, 0.15) is 0 Å². The molecule has 0 fully saturated rings. The molecule has 2 heterocycles. The number of carbonyl (C=O) groups excluding carboxylic acids is 1. The third-order valence-electron chi connectivity index (χ3n) is 2.80. The Morgan fingerprint density at radius 1 is 1.58 bits per heavy atom. The first-order chi connectivity index (χ1) is 9.13. The minimum atomic E-state index is -0.292. The Hall–Kier alpha value is -2.02. The predicted molar refractivity (Wildman–Crippen MR) is 75.9 cm³/mol. The van der Waals surface area contributed by atoms with Gasteiger partial charge in [-0.05, 0) is 6.42 Å². The number of nitrogens with one attached hydrogen (secondary N) is 1. The lowest BCUT2D eigenvalue weighted by atomic mass is 10.1. The molecule has 1 atom stereocenters. The lowest BCUT2D eigenvalue weighted by Gasteiger charge is -2.16. The van der Waals surface area contributed by atoms with Crippen LogP contribution >= 0.6 is 12.2 Å². The van der Waals surface area contributed by atoms with Crippen molar-refractivity contribution in [2.75, 3.05) is 0 Å². The molecule has 7 heteroatoms. The number of nitrogens with two attached hydrogens (primary N) is 1. The van der Waals surface area contributed by atoms with Gasteiger partial charge in [-0.2, -0.15) is 5.10 Å². The molecule has 2 rings (SSSR count). The van der Waals surface area contributed by atoms with E-state index in [9.17, 15) is 4.79 Å². The van der Waals surface area contributed by atoms with Crippen LogP contribution in [0.25, 0.3) is 5.52 Å². The number of hydrogen-bond donors (Lipinski definition) is 2. The van der Waals surface area contributed by atoms with E-state index in [1.807, 2.05) is 6.92 Å². The van der Waals surface area contributed by atoms with Crippen molar-refractivity contribution in [3.05, 3.63) is 30.4 Å². The van der Waals surface area contributed by atoms with E-state index in [0.717, 1.165) is 12.8 Å². The Morgan fingerprint density at radius 3 is 3.05 bits per heavy atom. The average Bonchev–Trinajstić information content (AvgIpc) is 2.81. The summed E-state index contributed by atoms with van der Waals surface area (Å²) < 4.78 is 1.59. The first-order valence-corrected chi connectivity index (χ1v) is 6.41. The van der Waals surface area contributed by atoms with E-state index in [1.54, 1.807) is 23.1 Å². The summed E-state index contributed by atoms with van der Waals surface area (Å²) in [5.74, 6) is -0.241. The minimum Gasteiger partial charge on any atom is -0.392 e. The zero-order valence-corrected chi connectivity index (χ0v) is 11.4. The third-order valence-corrected chi connectivity index (χ3v) is 3.08. The van der Waals surface area contributed by atoms with Crippen molar-refractivity contribution in [1.82, 2.24) is 19.9 Å². The summed E-state index contributed by atoms with van der Waals surface area (Å²) in [5.41, 5.74) is 6.74. The quantitative estimate of drug-likeness (QED) is 0.794. The van der Waals surface area contributed by atoms with Crippen LogP contribution in [0.3, 0.4) is 0 Å². The molecule has 100 valence electrons. The van der Waals surface area contributed by atoms with Crippen molar-refractivity contribution < 1.29 is 4.79 Å². The summed E-state index contributed by atoms with van der Waals surface area (Å²) in [6.07, 6.45) is 8.00. The molecular formula is C12H15N5OS. The maximum absolute atomic E-state index is 12.2. The molecule has 0 aliphatic rings. The molecule has 0 radical (unpaired) electrons. The molecule has 6 nitrogen and oxygen atoms in total.